The Labute approximate surface area is 226 Å². The van der Waals surface area contributed by atoms with Crippen molar-refractivity contribution in [3.8, 4) is 0 Å². The van der Waals surface area contributed by atoms with Crippen molar-refractivity contribution in [3.63, 3.8) is 0 Å². The zero-order valence-corrected chi connectivity index (χ0v) is 23.7. The zero-order chi connectivity index (χ0) is 27.0. The number of benzene rings is 2. The molecule has 2 aromatic carbocycles. The van der Waals surface area contributed by atoms with E-state index in [1.165, 1.54) is 19.3 Å². The van der Waals surface area contributed by atoms with Crippen LogP contribution in [0.3, 0.4) is 0 Å². The lowest BCUT2D eigenvalue weighted by molar-refractivity contribution is -0.143. The quantitative estimate of drug-likeness (QED) is 0.357. The second-order valence-corrected chi connectivity index (χ2v) is 13.1. The first-order valence-corrected chi connectivity index (χ1v) is 15.4. The minimum Gasteiger partial charge on any atom is -0.466 e. The predicted molar refractivity (Wildman–Crippen MR) is 151 cm³/mol. The number of aromatic nitrogens is 3. The Balaban J connectivity index is 1.49. The van der Waals surface area contributed by atoms with Gasteiger partial charge in [-0.05, 0) is 79.3 Å². The molecule has 0 bridgehead atoms. The van der Waals surface area contributed by atoms with E-state index >= 15 is 0 Å². The van der Waals surface area contributed by atoms with Gasteiger partial charge in [0, 0.05) is 26.1 Å². The summed E-state index contributed by atoms with van der Waals surface area (Å²) in [4.78, 5) is 12.7. The summed E-state index contributed by atoms with van der Waals surface area (Å²) in [5.41, 5.74) is 6.97. The topological polar surface area (TPSA) is 101 Å². The minimum absolute atomic E-state index is 0.214. The normalized spacial score (nSPS) is 23.1. The van der Waals surface area contributed by atoms with Crippen molar-refractivity contribution in [3.05, 3.63) is 58.1 Å². The van der Waals surface area contributed by atoms with Gasteiger partial charge < -0.3 is 4.74 Å². The van der Waals surface area contributed by atoms with E-state index in [9.17, 15) is 13.9 Å². The van der Waals surface area contributed by atoms with Gasteiger partial charge in [-0.25, -0.2) is 8.99 Å². The average molecular weight is 541 g/mol. The molecule has 0 spiro atoms. The molecule has 2 aliphatic rings. The zero-order valence-electron chi connectivity index (χ0n) is 22.9. The lowest BCUT2D eigenvalue weighted by Gasteiger charge is -2.53. The second kappa shape index (κ2) is 11.0. The maximum atomic E-state index is 12.7. The van der Waals surface area contributed by atoms with E-state index in [1.807, 2.05) is 31.3 Å². The summed E-state index contributed by atoms with van der Waals surface area (Å²) in [7, 11) is -0.935. The first-order valence-electron chi connectivity index (χ1n) is 13.7. The van der Waals surface area contributed by atoms with Crippen LogP contribution in [-0.4, -0.2) is 53.3 Å². The van der Waals surface area contributed by atoms with E-state index in [-0.39, 0.29) is 18.3 Å². The molecule has 5 rings (SSSR count). The molecule has 9 heteroatoms. The van der Waals surface area contributed by atoms with Crippen molar-refractivity contribution in [2.24, 2.45) is 18.9 Å². The van der Waals surface area contributed by atoms with Gasteiger partial charge in [0.25, 0.3) is 0 Å². The van der Waals surface area contributed by atoms with Gasteiger partial charge in [-0.2, -0.15) is 0 Å². The Bertz CT molecular complexity index is 1320. The van der Waals surface area contributed by atoms with Crippen molar-refractivity contribution in [1.29, 1.82) is 0 Å². The van der Waals surface area contributed by atoms with E-state index in [0.717, 1.165) is 51.8 Å². The summed E-state index contributed by atoms with van der Waals surface area (Å²) in [5, 5.41) is 8.54. The van der Waals surface area contributed by atoms with Crippen LogP contribution in [0.15, 0.2) is 30.3 Å². The summed E-state index contributed by atoms with van der Waals surface area (Å²) in [6, 6.07) is 10.4. The fourth-order valence-corrected chi connectivity index (χ4v) is 8.37. The summed E-state index contributed by atoms with van der Waals surface area (Å²) in [6.07, 6.45) is 4.91. The first-order chi connectivity index (χ1) is 18.2. The smallest absolute Gasteiger partial charge is 0.306 e. The summed E-state index contributed by atoms with van der Waals surface area (Å²) in [5.74, 6) is 0.977. The number of ether oxygens (including phenoxy) is 1. The molecule has 1 aliphatic heterocycles. The Hall–Kier alpha value is -2.46. The number of carbonyl (C=O) groups is 1. The second-order valence-electron chi connectivity index (χ2n) is 11.0. The SMILES string of the molecule is CCOC(=O)CC(c1ccc(C)c(CN2CC3CCCCC3CS2(O)O)c1)c1ccc2c(nnn2C)c1C. The molecular formula is C29H40N4O4S. The fourth-order valence-electron chi connectivity index (χ4n) is 6.37. The van der Waals surface area contributed by atoms with Gasteiger partial charge >= 0.3 is 5.97 Å². The highest BCUT2D eigenvalue weighted by molar-refractivity contribution is 8.22. The molecule has 1 aromatic heterocycles. The molecule has 1 saturated carbocycles. The Morgan fingerprint density at radius 2 is 1.92 bits per heavy atom. The van der Waals surface area contributed by atoms with Crippen molar-refractivity contribution >= 4 is 27.8 Å². The first kappa shape index (κ1) is 27.1. The third-order valence-electron chi connectivity index (χ3n) is 8.61. The van der Waals surface area contributed by atoms with Crippen LogP contribution < -0.4 is 0 Å². The summed E-state index contributed by atoms with van der Waals surface area (Å²) < 4.78 is 31.2. The van der Waals surface area contributed by atoms with E-state index in [0.29, 0.717) is 30.7 Å². The predicted octanol–water partition coefficient (Wildman–Crippen LogP) is 5.96. The van der Waals surface area contributed by atoms with Gasteiger partial charge in [-0.15, -0.1) is 15.9 Å². The number of nitrogens with zero attached hydrogens (tertiary/aromatic N) is 4. The Kier molecular flexibility index (Phi) is 7.82. The molecule has 0 radical (unpaired) electrons. The van der Waals surface area contributed by atoms with Crippen LogP contribution in [-0.2, 0) is 23.1 Å². The molecule has 8 nitrogen and oxygen atoms in total. The number of carbonyl (C=O) groups excluding carboxylic acids is 1. The van der Waals surface area contributed by atoms with Crippen LogP contribution in [0, 0.1) is 25.7 Å². The van der Waals surface area contributed by atoms with Gasteiger partial charge in [0.2, 0.25) is 0 Å². The average Bonchev–Trinajstić information content (AvgIpc) is 3.26. The number of fused-ring (bicyclic) bond motifs is 2. The van der Waals surface area contributed by atoms with Crippen LogP contribution in [0.4, 0.5) is 0 Å². The number of hydrogen-bond acceptors (Lipinski definition) is 7. The van der Waals surface area contributed by atoms with Crippen LogP contribution in [0.1, 0.15) is 72.8 Å². The molecule has 2 fully saturated rings. The van der Waals surface area contributed by atoms with Gasteiger partial charge in [-0.1, -0.05) is 42.3 Å². The minimum atomic E-state index is -2.81. The summed E-state index contributed by atoms with van der Waals surface area (Å²) >= 11 is 0. The standard InChI is InChI=1S/C29H40N4O4S/c1-5-37-28(34)15-26(25-12-13-27-29(20(25)3)30-31-32(27)4)21-11-10-19(2)24(14-21)17-33-16-22-8-6-7-9-23(22)18-38(33,35)36/h10-14,22-23,26,35-36H,5-9,15-18H2,1-4H3. The van der Waals surface area contributed by atoms with Crippen molar-refractivity contribution < 1.29 is 18.6 Å². The van der Waals surface area contributed by atoms with Crippen molar-refractivity contribution in [1.82, 2.24) is 19.3 Å². The molecule has 1 aliphatic carbocycles. The molecule has 3 aromatic rings. The van der Waals surface area contributed by atoms with E-state index in [2.05, 4.69) is 41.5 Å². The van der Waals surface area contributed by atoms with Crippen LogP contribution in [0.5, 0.6) is 0 Å². The van der Waals surface area contributed by atoms with E-state index in [1.54, 1.807) is 4.68 Å². The third kappa shape index (κ3) is 5.34. The number of rotatable bonds is 7. The molecule has 206 valence electrons. The number of esters is 1. The van der Waals surface area contributed by atoms with Crippen molar-refractivity contribution in [2.75, 3.05) is 18.9 Å². The molecule has 38 heavy (non-hydrogen) atoms. The lowest BCUT2D eigenvalue weighted by atomic mass is 9.80. The van der Waals surface area contributed by atoms with Gasteiger partial charge in [0.05, 0.1) is 24.3 Å². The molecule has 0 amide bonds. The highest BCUT2D eigenvalue weighted by Crippen LogP contribution is 2.54. The molecule has 3 unspecified atom stereocenters. The maximum absolute atomic E-state index is 12.7. The highest BCUT2D eigenvalue weighted by Gasteiger charge is 2.40. The summed E-state index contributed by atoms with van der Waals surface area (Å²) in [6.45, 7) is 7.47. The lowest BCUT2D eigenvalue weighted by Crippen LogP contribution is -2.45. The molecule has 2 N–H and O–H groups in total. The number of aryl methyl sites for hydroxylation is 3. The molecule has 1 saturated heterocycles. The fraction of sp³-hybridized carbons (Fsp3) is 0.552. The number of hydrogen-bond donors (Lipinski definition) is 2. The van der Waals surface area contributed by atoms with E-state index < -0.39 is 10.8 Å². The largest absolute Gasteiger partial charge is 0.466 e. The van der Waals surface area contributed by atoms with Gasteiger partial charge in [-0.3, -0.25) is 13.9 Å². The van der Waals surface area contributed by atoms with Gasteiger partial charge in [0.15, 0.2) is 0 Å². The van der Waals surface area contributed by atoms with Gasteiger partial charge in [0.1, 0.15) is 5.52 Å². The highest BCUT2D eigenvalue weighted by atomic mass is 32.3. The van der Waals surface area contributed by atoms with Crippen molar-refractivity contribution in [2.45, 2.75) is 65.3 Å². The monoisotopic (exact) mass is 540 g/mol. The molecule has 2 heterocycles. The third-order valence-corrected chi connectivity index (χ3v) is 10.6. The Morgan fingerprint density at radius 1 is 1.16 bits per heavy atom. The molecular weight excluding hydrogens is 500 g/mol. The van der Waals surface area contributed by atoms with Crippen LogP contribution in [0.2, 0.25) is 0 Å². The molecule has 3 atom stereocenters. The maximum Gasteiger partial charge on any atom is 0.306 e. The van der Waals surface area contributed by atoms with E-state index in [4.69, 9.17) is 4.74 Å². The van der Waals surface area contributed by atoms with Crippen LogP contribution >= 0.6 is 10.8 Å². The Morgan fingerprint density at radius 3 is 2.68 bits per heavy atom. The van der Waals surface area contributed by atoms with Crippen LogP contribution in [0.25, 0.3) is 11.0 Å².